The molecule has 0 saturated heterocycles. The van der Waals surface area contributed by atoms with Crippen molar-refractivity contribution in [2.45, 2.75) is 31.6 Å². The Morgan fingerprint density at radius 1 is 0.288 bits per heavy atom. The van der Waals surface area contributed by atoms with E-state index in [-0.39, 0.29) is 10.8 Å². The van der Waals surface area contributed by atoms with Crippen LogP contribution in [0.2, 0.25) is 0 Å². The number of fused-ring (bicyclic) bond motifs is 6. The smallest absolute Gasteiger partial charge is 0.0540 e. The predicted octanol–water partition coefficient (Wildman–Crippen LogP) is 17.5. The molecule has 0 aliphatic heterocycles. The maximum absolute atomic E-state index is 2.50. The van der Waals surface area contributed by atoms with Crippen molar-refractivity contribution in [1.82, 2.24) is 0 Å². The average Bonchev–Trinajstić information content (AvgIpc) is 3.78. The highest BCUT2D eigenvalue weighted by molar-refractivity contribution is 5.96. The minimum Gasteiger partial charge on any atom is -0.310 e. The Hall–Kier alpha value is -8.00. The Kier molecular flexibility index (Phi) is 9.36. The van der Waals surface area contributed by atoms with Gasteiger partial charge in [-0.05, 0) is 132 Å². The van der Waals surface area contributed by atoms with Gasteiger partial charge in [-0.25, -0.2) is 0 Å². The molecule has 0 amide bonds. The molecule has 0 saturated carbocycles. The van der Waals surface area contributed by atoms with Crippen molar-refractivity contribution in [3.05, 3.63) is 270 Å². The summed E-state index contributed by atoms with van der Waals surface area (Å²) in [7, 11) is 0. The van der Waals surface area contributed by atoms with E-state index in [9.17, 15) is 0 Å². The zero-order valence-electron chi connectivity index (χ0n) is 37.5. The van der Waals surface area contributed by atoms with Crippen LogP contribution >= 0.6 is 0 Å². The average molecular weight is 844 g/mol. The lowest BCUT2D eigenvalue weighted by molar-refractivity contribution is 0.662. The van der Waals surface area contributed by atoms with Crippen molar-refractivity contribution in [3.8, 4) is 66.8 Å². The molecule has 0 fully saturated rings. The molecule has 2 aliphatic rings. The fraction of sp³-hybridized carbons (Fsp3) is 0.0769. The second-order valence-electron chi connectivity index (χ2n) is 18.6. The van der Waals surface area contributed by atoms with Gasteiger partial charge >= 0.3 is 0 Å². The van der Waals surface area contributed by atoms with Gasteiger partial charge in [0, 0.05) is 27.8 Å². The summed E-state index contributed by atoms with van der Waals surface area (Å²) in [5, 5.41) is 0. The fourth-order valence-corrected chi connectivity index (χ4v) is 11.4. The maximum atomic E-state index is 2.50. The first kappa shape index (κ1) is 39.6. The van der Waals surface area contributed by atoms with Crippen LogP contribution in [0.1, 0.15) is 48.6 Å². The van der Waals surface area contributed by atoms with Crippen LogP contribution in [-0.4, -0.2) is 0 Å². The van der Waals surface area contributed by atoms with E-state index >= 15 is 0 Å². The van der Waals surface area contributed by atoms with Crippen LogP contribution in [0.15, 0.2) is 243 Å². The highest BCUT2D eigenvalue weighted by atomic mass is 15.1. The second-order valence-corrected chi connectivity index (χ2v) is 18.6. The third-order valence-corrected chi connectivity index (χ3v) is 14.6. The van der Waals surface area contributed by atoms with Gasteiger partial charge in [0.2, 0.25) is 0 Å². The Labute approximate surface area is 389 Å². The van der Waals surface area contributed by atoms with Crippen molar-refractivity contribution < 1.29 is 0 Å². The number of nitrogens with zero attached hydrogens (tertiary/aromatic N) is 1. The van der Waals surface area contributed by atoms with E-state index in [2.05, 4.69) is 268 Å². The van der Waals surface area contributed by atoms with Crippen molar-refractivity contribution in [3.63, 3.8) is 0 Å². The molecule has 0 N–H and O–H groups in total. The third kappa shape index (κ3) is 6.22. The molecule has 1 unspecified atom stereocenters. The highest BCUT2D eigenvalue weighted by Crippen LogP contribution is 2.56. The number of benzene rings is 10. The second kappa shape index (κ2) is 15.6. The minimum absolute atomic E-state index is 0.173. The first-order valence-electron chi connectivity index (χ1n) is 23.2. The molecular weight excluding hydrogens is 795 g/mol. The van der Waals surface area contributed by atoms with Gasteiger partial charge in [0.05, 0.1) is 5.69 Å². The molecule has 10 aromatic rings. The number of hydrogen-bond acceptors (Lipinski definition) is 1. The van der Waals surface area contributed by atoms with Gasteiger partial charge in [-0.15, -0.1) is 0 Å². The maximum Gasteiger partial charge on any atom is 0.0540 e. The van der Waals surface area contributed by atoms with Crippen molar-refractivity contribution in [2.75, 3.05) is 4.90 Å². The lowest BCUT2D eigenvalue weighted by atomic mass is 9.74. The molecule has 0 heterocycles. The Morgan fingerprint density at radius 3 is 1.47 bits per heavy atom. The Morgan fingerprint density at radius 2 is 0.773 bits per heavy atom. The SMILES string of the molecule is CC1(C)c2ccccc2-c2cccc(-c3ccccc3N(c3ccc(-c4ccc(-c5ccccc5)c(-c5ccccc5)c4)cc3)c3ccc4c(c3)C(C)(c3ccccc3)c3ccccc3-4)c21. The third-order valence-electron chi connectivity index (χ3n) is 14.6. The van der Waals surface area contributed by atoms with Crippen LogP contribution in [-0.2, 0) is 10.8 Å². The van der Waals surface area contributed by atoms with E-state index < -0.39 is 0 Å². The van der Waals surface area contributed by atoms with Crippen LogP contribution in [0.5, 0.6) is 0 Å². The van der Waals surface area contributed by atoms with E-state index in [1.807, 2.05) is 0 Å². The number of hydrogen-bond donors (Lipinski definition) is 0. The predicted molar refractivity (Wildman–Crippen MR) is 278 cm³/mol. The van der Waals surface area contributed by atoms with E-state index in [0.717, 1.165) is 17.1 Å². The summed E-state index contributed by atoms with van der Waals surface area (Å²) in [6, 6.07) is 89.7. The number of para-hydroxylation sites is 1. The molecule has 0 bridgehead atoms. The standard InChI is InChI=1S/C65H49N/c1-64(2)59-31-16-13-27-53(59)56-29-19-30-57(63(56)64)55-28-15-18-33-62(55)66(50-39-41-54-52-26-14-17-32-60(52)65(3,61(54)43-50)48-24-11-6-12-25-48)49-37-34-44(35-38-49)47-36-40-51(45-20-7-4-8-21-45)58(42-47)46-22-9-5-10-23-46/h4-43H,1-3H3. The number of anilines is 3. The normalized spacial score (nSPS) is 15.1. The summed E-state index contributed by atoms with van der Waals surface area (Å²) in [5.74, 6) is 0. The Balaban J connectivity index is 1.04. The van der Waals surface area contributed by atoms with E-state index in [4.69, 9.17) is 0 Å². The van der Waals surface area contributed by atoms with Gasteiger partial charge in [-0.1, -0.05) is 220 Å². The van der Waals surface area contributed by atoms with Crippen LogP contribution in [0.4, 0.5) is 17.1 Å². The van der Waals surface area contributed by atoms with Crippen molar-refractivity contribution in [2.24, 2.45) is 0 Å². The van der Waals surface area contributed by atoms with Crippen LogP contribution in [0, 0.1) is 0 Å². The zero-order chi connectivity index (χ0) is 44.4. The summed E-state index contributed by atoms with van der Waals surface area (Å²) in [6.45, 7) is 7.18. The summed E-state index contributed by atoms with van der Waals surface area (Å²) in [6.07, 6.45) is 0. The number of rotatable bonds is 8. The lowest BCUT2D eigenvalue weighted by Crippen LogP contribution is -2.23. The molecule has 12 rings (SSSR count). The monoisotopic (exact) mass is 843 g/mol. The van der Waals surface area contributed by atoms with Crippen molar-refractivity contribution >= 4 is 17.1 Å². The summed E-state index contributed by atoms with van der Waals surface area (Å²) >= 11 is 0. The first-order valence-corrected chi connectivity index (χ1v) is 23.2. The van der Waals surface area contributed by atoms with Crippen LogP contribution < -0.4 is 4.90 Å². The van der Waals surface area contributed by atoms with Crippen LogP contribution in [0.3, 0.4) is 0 Å². The first-order chi connectivity index (χ1) is 32.4. The highest BCUT2D eigenvalue weighted by Gasteiger charge is 2.42. The van der Waals surface area contributed by atoms with Gasteiger partial charge in [-0.3, -0.25) is 0 Å². The van der Waals surface area contributed by atoms with Crippen LogP contribution in [0.25, 0.3) is 66.8 Å². The molecule has 1 nitrogen and oxygen atoms in total. The molecule has 0 radical (unpaired) electrons. The summed E-state index contributed by atoms with van der Waals surface area (Å²) in [4.78, 5) is 2.50. The van der Waals surface area contributed by atoms with Crippen molar-refractivity contribution in [1.29, 1.82) is 0 Å². The summed E-state index contributed by atoms with van der Waals surface area (Å²) in [5.41, 5.74) is 24.5. The van der Waals surface area contributed by atoms with Gasteiger partial charge in [0.25, 0.3) is 0 Å². The van der Waals surface area contributed by atoms with E-state index in [1.165, 1.54) is 94.6 Å². The molecule has 1 heteroatoms. The quantitative estimate of drug-likeness (QED) is 0.147. The topological polar surface area (TPSA) is 3.24 Å². The molecule has 314 valence electrons. The summed E-state index contributed by atoms with van der Waals surface area (Å²) < 4.78 is 0. The van der Waals surface area contributed by atoms with Gasteiger partial charge < -0.3 is 4.90 Å². The minimum atomic E-state index is -0.337. The molecular formula is C65H49N. The molecule has 0 spiro atoms. The molecule has 2 aliphatic carbocycles. The molecule has 66 heavy (non-hydrogen) atoms. The molecule has 1 atom stereocenters. The van der Waals surface area contributed by atoms with E-state index in [0.29, 0.717) is 0 Å². The van der Waals surface area contributed by atoms with E-state index in [1.54, 1.807) is 0 Å². The zero-order valence-corrected chi connectivity index (χ0v) is 37.5. The lowest BCUT2D eigenvalue weighted by Gasteiger charge is -2.32. The Bertz CT molecular complexity index is 3440. The molecule has 0 aromatic heterocycles. The van der Waals surface area contributed by atoms with Gasteiger partial charge in [0.1, 0.15) is 0 Å². The largest absolute Gasteiger partial charge is 0.310 e. The fourth-order valence-electron chi connectivity index (χ4n) is 11.4. The van der Waals surface area contributed by atoms with Gasteiger partial charge in [0.15, 0.2) is 0 Å². The molecule has 10 aromatic carbocycles. The van der Waals surface area contributed by atoms with Gasteiger partial charge in [-0.2, -0.15) is 0 Å².